The molecule has 0 atom stereocenters. The first-order valence-corrected chi connectivity index (χ1v) is 8.21. The van der Waals surface area contributed by atoms with Gasteiger partial charge in [-0.1, -0.05) is 36.9 Å². The molecular weight excluding hydrogens is 381 g/mol. The lowest BCUT2D eigenvalue weighted by molar-refractivity contribution is 0.0915. The fraction of sp³-hybridized carbons (Fsp3) is 0.467. The van der Waals surface area contributed by atoms with Crippen molar-refractivity contribution in [3.8, 4) is 0 Å². The third-order valence-corrected chi connectivity index (χ3v) is 4.67. The summed E-state index contributed by atoms with van der Waals surface area (Å²) in [4.78, 5) is 12.5. The Balaban J connectivity index is 2.24. The molecule has 1 saturated carbocycles. The highest BCUT2D eigenvalue weighted by molar-refractivity contribution is 14.1. The number of benzene rings is 1. The number of hydrogen-bond acceptors (Lipinski definition) is 3. The number of amides is 1. The number of nitrogens with one attached hydrogen (secondary N) is 1. The molecule has 6 heteroatoms. The van der Waals surface area contributed by atoms with Gasteiger partial charge < -0.3 is 16.3 Å². The van der Waals surface area contributed by atoms with Gasteiger partial charge in [-0.15, -0.1) is 0 Å². The zero-order valence-corrected chi connectivity index (χ0v) is 14.0. The molecule has 4 N–H and O–H groups in total. The van der Waals surface area contributed by atoms with Gasteiger partial charge in [0, 0.05) is 9.13 Å². The number of oxime groups is 1. The zero-order valence-electron chi connectivity index (χ0n) is 11.8. The van der Waals surface area contributed by atoms with Crippen LogP contribution in [0.15, 0.2) is 29.4 Å². The van der Waals surface area contributed by atoms with Crippen molar-refractivity contribution < 1.29 is 10.0 Å². The minimum atomic E-state index is -0.733. The first-order valence-electron chi connectivity index (χ1n) is 7.13. The number of nitrogens with zero attached hydrogens (tertiary/aromatic N) is 1. The first-order chi connectivity index (χ1) is 10.1. The van der Waals surface area contributed by atoms with Gasteiger partial charge in [0.15, 0.2) is 5.84 Å². The van der Waals surface area contributed by atoms with Crippen molar-refractivity contribution in [2.24, 2.45) is 10.9 Å². The summed E-state index contributed by atoms with van der Waals surface area (Å²) in [6.07, 6.45) is 5.56. The molecule has 21 heavy (non-hydrogen) atoms. The van der Waals surface area contributed by atoms with Crippen LogP contribution in [-0.4, -0.2) is 22.5 Å². The summed E-state index contributed by atoms with van der Waals surface area (Å²) in [5, 5.41) is 15.3. The van der Waals surface area contributed by atoms with Crippen LogP contribution in [0, 0.1) is 3.57 Å². The standard InChI is InChI=1S/C15H20IN3O2/c16-12-7-5-6-11(10-12)13(20)18-15(14(17)19-21)8-3-1-2-4-9-15/h5-7,10,21H,1-4,8-9H2,(H2,17,19)(H,18,20). The average Bonchev–Trinajstić information content (AvgIpc) is 2.73. The van der Waals surface area contributed by atoms with Gasteiger partial charge >= 0.3 is 0 Å². The molecule has 0 heterocycles. The van der Waals surface area contributed by atoms with Gasteiger partial charge in [0.25, 0.3) is 5.91 Å². The molecule has 0 unspecified atom stereocenters. The topological polar surface area (TPSA) is 87.7 Å². The van der Waals surface area contributed by atoms with Crippen LogP contribution in [0.25, 0.3) is 0 Å². The average molecular weight is 401 g/mol. The molecule has 1 aliphatic carbocycles. The quantitative estimate of drug-likeness (QED) is 0.182. The van der Waals surface area contributed by atoms with E-state index in [1.807, 2.05) is 18.2 Å². The molecule has 114 valence electrons. The Labute approximate surface area is 138 Å². The minimum Gasteiger partial charge on any atom is -0.409 e. The van der Waals surface area contributed by atoms with Crippen molar-refractivity contribution in [3.05, 3.63) is 33.4 Å². The summed E-state index contributed by atoms with van der Waals surface area (Å²) >= 11 is 2.17. The maximum absolute atomic E-state index is 12.5. The highest BCUT2D eigenvalue weighted by atomic mass is 127. The van der Waals surface area contributed by atoms with E-state index < -0.39 is 5.54 Å². The summed E-state index contributed by atoms with van der Waals surface area (Å²) in [6, 6.07) is 7.38. The van der Waals surface area contributed by atoms with Crippen LogP contribution >= 0.6 is 22.6 Å². The Morgan fingerprint density at radius 1 is 1.29 bits per heavy atom. The van der Waals surface area contributed by atoms with Gasteiger partial charge in [-0.05, 0) is 53.6 Å². The SMILES string of the molecule is N/C(=N/O)C1(NC(=O)c2cccc(I)c2)CCCCCC1. The third-order valence-electron chi connectivity index (χ3n) is 3.99. The lowest BCUT2D eigenvalue weighted by Gasteiger charge is -2.32. The van der Waals surface area contributed by atoms with E-state index in [0.717, 1.165) is 29.3 Å². The number of amidine groups is 1. The smallest absolute Gasteiger partial charge is 0.252 e. The molecule has 5 nitrogen and oxygen atoms in total. The van der Waals surface area contributed by atoms with E-state index >= 15 is 0 Å². The van der Waals surface area contributed by atoms with Crippen LogP contribution in [0.5, 0.6) is 0 Å². The highest BCUT2D eigenvalue weighted by Gasteiger charge is 2.37. The van der Waals surface area contributed by atoms with Gasteiger partial charge in [-0.2, -0.15) is 0 Å². The number of hydrogen-bond donors (Lipinski definition) is 3. The normalized spacial score (nSPS) is 18.8. The van der Waals surface area contributed by atoms with Crippen molar-refractivity contribution in [1.82, 2.24) is 5.32 Å². The number of carbonyl (C=O) groups is 1. The summed E-state index contributed by atoms with van der Waals surface area (Å²) in [5.74, 6) is -0.0783. The summed E-state index contributed by atoms with van der Waals surface area (Å²) in [5.41, 5.74) is 5.75. The predicted molar refractivity (Wildman–Crippen MR) is 90.5 cm³/mol. The molecule has 0 bridgehead atoms. The van der Waals surface area contributed by atoms with E-state index in [1.165, 1.54) is 0 Å². The minimum absolute atomic E-state index is 0.100. The molecule has 0 aliphatic heterocycles. The zero-order chi connectivity index (χ0) is 15.3. The van der Waals surface area contributed by atoms with Crippen molar-refractivity contribution in [1.29, 1.82) is 0 Å². The Kier molecular flexibility index (Phi) is 5.44. The van der Waals surface area contributed by atoms with Crippen LogP contribution in [0.1, 0.15) is 48.9 Å². The summed E-state index contributed by atoms with van der Waals surface area (Å²) < 4.78 is 0.999. The van der Waals surface area contributed by atoms with E-state index in [4.69, 9.17) is 10.9 Å². The van der Waals surface area contributed by atoms with E-state index in [-0.39, 0.29) is 11.7 Å². The van der Waals surface area contributed by atoms with Crippen molar-refractivity contribution in [3.63, 3.8) is 0 Å². The molecule has 1 amide bonds. The van der Waals surface area contributed by atoms with Gasteiger partial charge in [0.05, 0.1) is 0 Å². The largest absolute Gasteiger partial charge is 0.409 e. The van der Waals surface area contributed by atoms with Crippen molar-refractivity contribution in [2.45, 2.75) is 44.1 Å². The highest BCUT2D eigenvalue weighted by Crippen LogP contribution is 2.28. The van der Waals surface area contributed by atoms with E-state index in [2.05, 4.69) is 33.1 Å². The molecule has 1 aromatic rings. The number of halogens is 1. The summed E-state index contributed by atoms with van der Waals surface area (Å²) in [6.45, 7) is 0. The fourth-order valence-corrected chi connectivity index (χ4v) is 3.34. The number of carbonyl (C=O) groups excluding carboxylic acids is 1. The van der Waals surface area contributed by atoms with Gasteiger partial charge in [-0.3, -0.25) is 4.79 Å². The number of rotatable bonds is 3. The monoisotopic (exact) mass is 401 g/mol. The van der Waals surface area contributed by atoms with Crippen molar-refractivity contribution in [2.75, 3.05) is 0 Å². The Bertz CT molecular complexity index is 537. The third kappa shape index (κ3) is 3.87. The molecule has 1 aliphatic rings. The van der Waals surface area contributed by atoms with Crippen LogP contribution in [-0.2, 0) is 0 Å². The second-order valence-corrected chi connectivity index (χ2v) is 6.69. The molecule has 0 spiro atoms. The maximum Gasteiger partial charge on any atom is 0.252 e. The van der Waals surface area contributed by atoms with Crippen molar-refractivity contribution >= 4 is 34.3 Å². The Hall–Kier alpha value is -1.31. The summed E-state index contributed by atoms with van der Waals surface area (Å²) in [7, 11) is 0. The maximum atomic E-state index is 12.5. The second kappa shape index (κ2) is 7.11. The van der Waals surface area contributed by atoms with E-state index in [9.17, 15) is 4.79 Å². The molecule has 2 rings (SSSR count). The predicted octanol–water partition coefficient (Wildman–Crippen LogP) is 2.86. The van der Waals surface area contributed by atoms with Crippen LogP contribution < -0.4 is 11.1 Å². The first kappa shape index (κ1) is 16.1. The molecule has 0 radical (unpaired) electrons. The molecule has 0 saturated heterocycles. The molecule has 1 fully saturated rings. The lowest BCUT2D eigenvalue weighted by Crippen LogP contribution is -2.57. The van der Waals surface area contributed by atoms with Crippen LogP contribution in [0.2, 0.25) is 0 Å². The number of nitrogens with two attached hydrogens (primary N) is 1. The van der Waals surface area contributed by atoms with Gasteiger partial charge in [-0.25, -0.2) is 0 Å². The lowest BCUT2D eigenvalue weighted by atomic mass is 9.88. The van der Waals surface area contributed by atoms with E-state index in [0.29, 0.717) is 18.4 Å². The van der Waals surface area contributed by atoms with E-state index in [1.54, 1.807) is 6.07 Å². The molecular formula is C15H20IN3O2. The molecule has 1 aromatic carbocycles. The van der Waals surface area contributed by atoms with Gasteiger partial charge in [0.2, 0.25) is 0 Å². The van der Waals surface area contributed by atoms with Gasteiger partial charge in [0.1, 0.15) is 5.54 Å². The molecule has 0 aromatic heterocycles. The Morgan fingerprint density at radius 2 is 1.95 bits per heavy atom. The van der Waals surface area contributed by atoms with Crippen LogP contribution in [0.4, 0.5) is 0 Å². The Morgan fingerprint density at radius 3 is 2.52 bits per heavy atom. The second-order valence-electron chi connectivity index (χ2n) is 5.45. The van der Waals surface area contributed by atoms with Crippen LogP contribution in [0.3, 0.4) is 0 Å². The fourth-order valence-electron chi connectivity index (χ4n) is 2.79.